The summed E-state index contributed by atoms with van der Waals surface area (Å²) >= 11 is 0. The molecule has 1 aliphatic rings. The molecule has 136 valence electrons. The summed E-state index contributed by atoms with van der Waals surface area (Å²) in [5, 5.41) is 13.4. The van der Waals surface area contributed by atoms with E-state index < -0.39 is 20.9 Å². The minimum absolute atomic E-state index is 0.0944. The molecule has 2 aromatic carbocycles. The van der Waals surface area contributed by atoms with E-state index in [0.717, 1.165) is 6.42 Å². The number of nitro groups is 1. The second-order valence-corrected chi connectivity index (χ2v) is 7.92. The number of sulfonamides is 1. The van der Waals surface area contributed by atoms with Crippen molar-refractivity contribution in [2.45, 2.75) is 12.8 Å². The van der Waals surface area contributed by atoms with Gasteiger partial charge in [-0.1, -0.05) is 12.1 Å². The van der Waals surface area contributed by atoms with Crippen LogP contribution in [0.5, 0.6) is 0 Å². The smallest absolute Gasteiger partial charge is 0.271 e. The van der Waals surface area contributed by atoms with E-state index in [1.807, 2.05) is 0 Å². The molecular formula is C17H17N3O5S. The molecule has 0 unspecified atom stereocenters. The predicted octanol–water partition coefficient (Wildman–Crippen LogP) is 2.78. The van der Waals surface area contributed by atoms with E-state index in [1.54, 1.807) is 24.3 Å². The van der Waals surface area contributed by atoms with Crippen LogP contribution in [0.4, 0.5) is 17.1 Å². The third-order valence-electron chi connectivity index (χ3n) is 4.06. The Morgan fingerprint density at radius 1 is 1.12 bits per heavy atom. The summed E-state index contributed by atoms with van der Waals surface area (Å²) in [5.74, 6) is -0.376. The van der Waals surface area contributed by atoms with E-state index in [-0.39, 0.29) is 17.0 Å². The zero-order valence-electron chi connectivity index (χ0n) is 13.8. The first kappa shape index (κ1) is 17.9. The number of hydrogen-bond donors (Lipinski definition) is 1. The molecule has 3 rings (SSSR count). The van der Waals surface area contributed by atoms with Gasteiger partial charge in [0.05, 0.1) is 16.4 Å². The normalized spacial score (nSPS) is 16.1. The Kier molecular flexibility index (Phi) is 4.90. The van der Waals surface area contributed by atoms with Gasteiger partial charge in [0.1, 0.15) is 0 Å². The van der Waals surface area contributed by atoms with Crippen molar-refractivity contribution in [2.75, 3.05) is 21.9 Å². The molecule has 2 aromatic rings. The molecular weight excluding hydrogens is 358 g/mol. The maximum atomic E-state index is 12.4. The number of non-ortho nitro benzene ring substituents is 1. The van der Waals surface area contributed by atoms with Crippen molar-refractivity contribution in [1.82, 2.24) is 0 Å². The molecule has 0 aromatic heterocycles. The van der Waals surface area contributed by atoms with Crippen molar-refractivity contribution in [3.05, 3.63) is 64.2 Å². The average Bonchev–Trinajstić information content (AvgIpc) is 2.61. The zero-order valence-corrected chi connectivity index (χ0v) is 14.6. The molecule has 0 bridgehead atoms. The standard InChI is InChI=1S/C17H17N3O5S/c21-17(18-14-6-4-8-16(12-14)20(22)23)13-5-3-7-15(11-13)19-9-1-2-10-26(19,24)25/h3-8,11-12H,1-2,9-10H2,(H,18,21). The van der Waals surface area contributed by atoms with Gasteiger partial charge in [0.2, 0.25) is 10.0 Å². The molecule has 26 heavy (non-hydrogen) atoms. The molecule has 1 N–H and O–H groups in total. The van der Waals surface area contributed by atoms with Crippen LogP contribution in [0.1, 0.15) is 23.2 Å². The highest BCUT2D eigenvalue weighted by Gasteiger charge is 2.26. The summed E-state index contributed by atoms with van der Waals surface area (Å²) in [6, 6.07) is 11.9. The van der Waals surface area contributed by atoms with E-state index in [1.165, 1.54) is 28.6 Å². The van der Waals surface area contributed by atoms with Crippen LogP contribution in [0, 0.1) is 10.1 Å². The topological polar surface area (TPSA) is 110 Å². The fourth-order valence-electron chi connectivity index (χ4n) is 2.78. The van der Waals surface area contributed by atoms with Crippen LogP contribution in [0.2, 0.25) is 0 Å². The predicted molar refractivity (Wildman–Crippen MR) is 97.9 cm³/mol. The van der Waals surface area contributed by atoms with E-state index in [9.17, 15) is 23.3 Å². The number of benzene rings is 2. The fourth-order valence-corrected chi connectivity index (χ4v) is 4.41. The highest BCUT2D eigenvalue weighted by atomic mass is 32.2. The Labute approximate surface area is 150 Å². The quantitative estimate of drug-likeness (QED) is 0.653. The number of hydrogen-bond acceptors (Lipinski definition) is 5. The van der Waals surface area contributed by atoms with Crippen LogP contribution in [0.15, 0.2) is 48.5 Å². The summed E-state index contributed by atoms with van der Waals surface area (Å²) in [6.45, 7) is 0.387. The first-order valence-electron chi connectivity index (χ1n) is 8.03. The van der Waals surface area contributed by atoms with Crippen LogP contribution < -0.4 is 9.62 Å². The second-order valence-electron chi connectivity index (χ2n) is 5.91. The van der Waals surface area contributed by atoms with E-state index in [0.29, 0.717) is 24.3 Å². The lowest BCUT2D eigenvalue weighted by Gasteiger charge is -2.28. The number of carbonyl (C=O) groups is 1. The Hall–Kier alpha value is -2.94. The summed E-state index contributed by atoms with van der Waals surface area (Å²) in [4.78, 5) is 22.7. The van der Waals surface area contributed by atoms with Gasteiger partial charge in [0, 0.05) is 29.9 Å². The molecule has 0 spiro atoms. The van der Waals surface area contributed by atoms with Gasteiger partial charge in [-0.25, -0.2) is 8.42 Å². The molecule has 9 heteroatoms. The second kappa shape index (κ2) is 7.12. The average molecular weight is 375 g/mol. The van der Waals surface area contributed by atoms with Gasteiger partial charge in [-0.3, -0.25) is 19.2 Å². The molecule has 0 atom stereocenters. The largest absolute Gasteiger partial charge is 0.322 e. The van der Waals surface area contributed by atoms with Gasteiger partial charge in [-0.05, 0) is 37.1 Å². The van der Waals surface area contributed by atoms with Crippen LogP contribution in [-0.2, 0) is 10.0 Å². The maximum absolute atomic E-state index is 12.4. The van der Waals surface area contributed by atoms with E-state index in [2.05, 4.69) is 5.32 Å². The number of nitro benzene ring substituents is 1. The van der Waals surface area contributed by atoms with Crippen molar-refractivity contribution < 1.29 is 18.1 Å². The lowest BCUT2D eigenvalue weighted by atomic mass is 10.1. The molecule has 0 radical (unpaired) electrons. The number of amides is 1. The molecule has 1 heterocycles. The van der Waals surface area contributed by atoms with Crippen molar-refractivity contribution in [2.24, 2.45) is 0 Å². The van der Waals surface area contributed by atoms with Crippen LogP contribution >= 0.6 is 0 Å². The summed E-state index contributed by atoms with van der Waals surface area (Å²) in [5.41, 5.74) is 0.877. The first-order chi connectivity index (χ1) is 12.4. The van der Waals surface area contributed by atoms with Gasteiger partial charge >= 0.3 is 0 Å². The van der Waals surface area contributed by atoms with Crippen molar-refractivity contribution in [3.63, 3.8) is 0 Å². The SMILES string of the molecule is O=C(Nc1cccc([N+](=O)[O-])c1)c1cccc(N2CCCCS2(=O)=O)c1. The molecule has 1 saturated heterocycles. The Bertz CT molecular complexity index is 958. The van der Waals surface area contributed by atoms with Gasteiger partial charge in [-0.2, -0.15) is 0 Å². The van der Waals surface area contributed by atoms with Crippen LogP contribution in [0.25, 0.3) is 0 Å². The number of rotatable bonds is 4. The van der Waals surface area contributed by atoms with Crippen molar-refractivity contribution >= 4 is 33.0 Å². The van der Waals surface area contributed by atoms with Gasteiger partial charge < -0.3 is 5.32 Å². The molecule has 0 aliphatic carbocycles. The van der Waals surface area contributed by atoms with Crippen LogP contribution in [-0.4, -0.2) is 31.5 Å². The first-order valence-corrected chi connectivity index (χ1v) is 9.64. The summed E-state index contributed by atoms with van der Waals surface area (Å²) in [6.07, 6.45) is 1.40. The van der Waals surface area contributed by atoms with Crippen molar-refractivity contribution in [1.29, 1.82) is 0 Å². The summed E-state index contributed by atoms with van der Waals surface area (Å²) in [7, 11) is -3.37. The van der Waals surface area contributed by atoms with Crippen LogP contribution in [0.3, 0.4) is 0 Å². The Balaban J connectivity index is 1.83. The molecule has 1 amide bonds. The Morgan fingerprint density at radius 2 is 1.88 bits per heavy atom. The van der Waals surface area contributed by atoms with E-state index in [4.69, 9.17) is 0 Å². The highest BCUT2D eigenvalue weighted by molar-refractivity contribution is 7.92. The third-order valence-corrected chi connectivity index (χ3v) is 5.93. The third kappa shape index (κ3) is 3.83. The van der Waals surface area contributed by atoms with E-state index >= 15 is 0 Å². The number of nitrogens with one attached hydrogen (secondary N) is 1. The molecule has 1 fully saturated rings. The highest BCUT2D eigenvalue weighted by Crippen LogP contribution is 2.25. The molecule has 8 nitrogen and oxygen atoms in total. The molecule has 1 aliphatic heterocycles. The van der Waals surface area contributed by atoms with Gasteiger partial charge in [0.15, 0.2) is 0 Å². The summed E-state index contributed by atoms with van der Waals surface area (Å²) < 4.78 is 25.8. The lowest BCUT2D eigenvalue weighted by molar-refractivity contribution is -0.384. The number of carbonyl (C=O) groups excluding carboxylic acids is 1. The zero-order chi connectivity index (χ0) is 18.7. The maximum Gasteiger partial charge on any atom is 0.271 e. The van der Waals surface area contributed by atoms with Crippen molar-refractivity contribution in [3.8, 4) is 0 Å². The fraction of sp³-hybridized carbons (Fsp3) is 0.235. The Morgan fingerprint density at radius 3 is 2.62 bits per heavy atom. The monoisotopic (exact) mass is 375 g/mol. The number of nitrogens with zero attached hydrogens (tertiary/aromatic N) is 2. The van der Waals surface area contributed by atoms with Gasteiger partial charge in [0.25, 0.3) is 11.6 Å². The lowest BCUT2D eigenvalue weighted by Crippen LogP contribution is -2.37. The minimum Gasteiger partial charge on any atom is -0.322 e. The van der Waals surface area contributed by atoms with Gasteiger partial charge in [-0.15, -0.1) is 0 Å². The minimum atomic E-state index is -3.37. The molecule has 0 saturated carbocycles. The number of anilines is 2.